The summed E-state index contributed by atoms with van der Waals surface area (Å²) in [6.07, 6.45) is 3.79. The zero-order chi connectivity index (χ0) is 15.4. The van der Waals surface area contributed by atoms with E-state index in [0.717, 1.165) is 5.69 Å². The molecule has 1 saturated heterocycles. The highest BCUT2D eigenvalue weighted by Gasteiger charge is 2.41. The molecule has 3 nitrogen and oxygen atoms in total. The Hall–Kier alpha value is -1.23. The first-order chi connectivity index (χ1) is 9.68. The molecule has 1 aliphatic rings. The molecule has 0 amide bonds. The summed E-state index contributed by atoms with van der Waals surface area (Å²) in [6, 6.07) is 3.55. The zero-order valence-corrected chi connectivity index (χ0v) is 12.9. The zero-order valence-electron chi connectivity index (χ0n) is 12.9. The molecular weight excluding hydrogens is 260 g/mol. The number of alkyl halides is 2. The van der Waals surface area contributed by atoms with Gasteiger partial charge in [-0.05, 0) is 25.1 Å². The van der Waals surface area contributed by atoms with Gasteiger partial charge in [-0.3, -0.25) is 4.98 Å². The molecule has 0 saturated carbocycles. The third-order valence-electron chi connectivity index (χ3n) is 2.86. The summed E-state index contributed by atoms with van der Waals surface area (Å²) in [7, 11) is 0. The number of halogens is 2. The molecule has 0 spiro atoms. The maximum absolute atomic E-state index is 13.5. The van der Waals surface area contributed by atoms with Crippen molar-refractivity contribution in [2.75, 3.05) is 25.0 Å². The van der Waals surface area contributed by atoms with Gasteiger partial charge in [0.1, 0.15) is 0 Å². The summed E-state index contributed by atoms with van der Waals surface area (Å²) < 4.78 is 26.9. The van der Waals surface area contributed by atoms with Gasteiger partial charge in [0.25, 0.3) is 5.92 Å². The van der Waals surface area contributed by atoms with Crippen LogP contribution in [0.1, 0.15) is 34.1 Å². The van der Waals surface area contributed by atoms with Gasteiger partial charge < -0.3 is 10.6 Å². The molecule has 5 heteroatoms. The normalized spacial score (nSPS) is 19.8. The highest BCUT2D eigenvalue weighted by atomic mass is 19.3. The van der Waals surface area contributed by atoms with Crippen molar-refractivity contribution in [1.82, 2.24) is 10.3 Å². The van der Waals surface area contributed by atoms with Crippen molar-refractivity contribution in [2.45, 2.75) is 40.0 Å². The third-order valence-corrected chi connectivity index (χ3v) is 2.86. The van der Waals surface area contributed by atoms with Gasteiger partial charge in [-0.25, -0.2) is 8.78 Å². The molecule has 1 aromatic rings. The highest BCUT2D eigenvalue weighted by Crippen LogP contribution is 2.29. The first kappa shape index (κ1) is 18.8. The lowest BCUT2D eigenvalue weighted by molar-refractivity contribution is -0.0678. The summed E-state index contributed by atoms with van der Waals surface area (Å²) in [4.78, 5) is 3.87. The van der Waals surface area contributed by atoms with E-state index in [2.05, 4.69) is 15.6 Å². The number of piperidine rings is 1. The Morgan fingerprint density at radius 2 is 1.85 bits per heavy atom. The fraction of sp³-hybridized carbons (Fsp3) is 0.667. The number of anilines is 1. The van der Waals surface area contributed by atoms with Crippen molar-refractivity contribution in [1.29, 1.82) is 0 Å². The monoisotopic (exact) mass is 287 g/mol. The molecule has 2 N–H and O–H groups in total. The minimum absolute atomic E-state index is 0.213. The molecule has 0 bridgehead atoms. The molecule has 116 valence electrons. The molecule has 1 fully saturated rings. The summed E-state index contributed by atoms with van der Waals surface area (Å²) in [6.45, 7) is 8.76. The number of hydrogen-bond acceptors (Lipinski definition) is 3. The second kappa shape index (κ2) is 10.5. The SMILES string of the molecule is CC.CC.FC1(F)CNCCC1CNc1ccncc1. The second-order valence-corrected chi connectivity index (χ2v) is 4.04. The van der Waals surface area contributed by atoms with Crippen molar-refractivity contribution < 1.29 is 8.78 Å². The lowest BCUT2D eigenvalue weighted by atomic mass is 9.94. The molecular formula is C15H27F2N3. The Morgan fingerprint density at radius 3 is 2.40 bits per heavy atom. The maximum Gasteiger partial charge on any atom is 0.264 e. The lowest BCUT2D eigenvalue weighted by Crippen LogP contribution is -2.48. The van der Waals surface area contributed by atoms with Gasteiger partial charge in [-0.15, -0.1) is 0 Å². The van der Waals surface area contributed by atoms with Crippen molar-refractivity contribution in [3.8, 4) is 0 Å². The fourth-order valence-corrected chi connectivity index (χ4v) is 1.85. The van der Waals surface area contributed by atoms with Crippen LogP contribution in [0.2, 0.25) is 0 Å². The number of rotatable bonds is 3. The number of hydrogen-bond donors (Lipinski definition) is 2. The van der Waals surface area contributed by atoms with E-state index in [1.807, 2.05) is 27.7 Å². The van der Waals surface area contributed by atoms with Crippen molar-refractivity contribution in [3.05, 3.63) is 24.5 Å². The predicted molar refractivity (Wildman–Crippen MR) is 81.3 cm³/mol. The quantitative estimate of drug-likeness (QED) is 0.888. The van der Waals surface area contributed by atoms with Crippen LogP contribution >= 0.6 is 0 Å². The average Bonchev–Trinajstić information content (AvgIpc) is 2.51. The Bertz CT molecular complexity index is 331. The first-order valence-corrected chi connectivity index (χ1v) is 7.41. The molecule has 1 aliphatic heterocycles. The topological polar surface area (TPSA) is 37.0 Å². The van der Waals surface area contributed by atoms with E-state index < -0.39 is 11.8 Å². The summed E-state index contributed by atoms with van der Waals surface area (Å²) in [5.74, 6) is -3.21. The maximum atomic E-state index is 13.5. The van der Waals surface area contributed by atoms with E-state index in [1.54, 1.807) is 24.5 Å². The van der Waals surface area contributed by atoms with Crippen LogP contribution in [0.25, 0.3) is 0 Å². The van der Waals surface area contributed by atoms with Crippen LogP contribution in [-0.4, -0.2) is 30.5 Å². The third kappa shape index (κ3) is 6.28. The van der Waals surface area contributed by atoms with E-state index in [9.17, 15) is 8.78 Å². The number of aromatic nitrogens is 1. The van der Waals surface area contributed by atoms with Crippen molar-refractivity contribution in [3.63, 3.8) is 0 Å². The van der Waals surface area contributed by atoms with Crippen LogP contribution in [0.15, 0.2) is 24.5 Å². The predicted octanol–water partition coefficient (Wildman–Crippen LogP) is 3.79. The standard InChI is InChI=1S/C11H15F2N3.2C2H6/c12-11(13)8-15-4-1-9(11)7-16-10-2-5-14-6-3-10;2*1-2/h2-3,5-6,9,15H,1,4,7-8H2,(H,14,16);2*1-2H3. The molecule has 1 unspecified atom stereocenters. The molecule has 0 aliphatic carbocycles. The number of nitrogens with one attached hydrogen (secondary N) is 2. The lowest BCUT2D eigenvalue weighted by Gasteiger charge is -2.32. The minimum atomic E-state index is -2.61. The second-order valence-electron chi connectivity index (χ2n) is 4.04. The van der Waals surface area contributed by atoms with E-state index in [-0.39, 0.29) is 6.54 Å². The molecule has 0 aromatic carbocycles. The van der Waals surface area contributed by atoms with Gasteiger partial charge in [0.05, 0.1) is 6.54 Å². The van der Waals surface area contributed by atoms with E-state index in [4.69, 9.17) is 0 Å². The van der Waals surface area contributed by atoms with Crippen LogP contribution in [0.4, 0.5) is 14.5 Å². The van der Waals surface area contributed by atoms with Gasteiger partial charge >= 0.3 is 0 Å². The minimum Gasteiger partial charge on any atom is -0.384 e. The number of pyridine rings is 1. The van der Waals surface area contributed by atoms with Gasteiger partial charge in [-0.1, -0.05) is 27.7 Å². The Labute approximate surface area is 121 Å². The van der Waals surface area contributed by atoms with Crippen LogP contribution in [-0.2, 0) is 0 Å². The molecule has 1 atom stereocenters. The van der Waals surface area contributed by atoms with Crippen LogP contribution in [0.3, 0.4) is 0 Å². The Balaban J connectivity index is 0.000000829. The molecule has 1 aromatic heterocycles. The average molecular weight is 287 g/mol. The summed E-state index contributed by atoms with van der Waals surface area (Å²) in [5, 5.41) is 5.74. The van der Waals surface area contributed by atoms with Gasteiger partial charge in [0.15, 0.2) is 0 Å². The molecule has 0 radical (unpaired) electrons. The number of nitrogens with zero attached hydrogens (tertiary/aromatic N) is 1. The van der Waals surface area contributed by atoms with E-state index in [0.29, 0.717) is 19.5 Å². The molecule has 2 rings (SSSR count). The van der Waals surface area contributed by atoms with E-state index in [1.165, 1.54) is 0 Å². The molecule has 2 heterocycles. The molecule has 20 heavy (non-hydrogen) atoms. The Morgan fingerprint density at radius 1 is 1.25 bits per heavy atom. The van der Waals surface area contributed by atoms with Gasteiger partial charge in [-0.2, -0.15) is 0 Å². The fourth-order valence-electron chi connectivity index (χ4n) is 1.85. The summed E-state index contributed by atoms with van der Waals surface area (Å²) in [5.41, 5.74) is 0.837. The first-order valence-electron chi connectivity index (χ1n) is 7.41. The van der Waals surface area contributed by atoms with Crippen LogP contribution in [0.5, 0.6) is 0 Å². The Kier molecular flexibility index (Phi) is 9.90. The smallest absolute Gasteiger partial charge is 0.264 e. The van der Waals surface area contributed by atoms with E-state index >= 15 is 0 Å². The highest BCUT2D eigenvalue weighted by molar-refractivity contribution is 5.40. The van der Waals surface area contributed by atoms with Gasteiger partial charge in [0, 0.05) is 30.5 Å². The largest absolute Gasteiger partial charge is 0.384 e. The van der Waals surface area contributed by atoms with Crippen LogP contribution in [0, 0.1) is 5.92 Å². The van der Waals surface area contributed by atoms with Crippen molar-refractivity contribution >= 4 is 5.69 Å². The van der Waals surface area contributed by atoms with Crippen LogP contribution < -0.4 is 10.6 Å². The van der Waals surface area contributed by atoms with Gasteiger partial charge in [0.2, 0.25) is 0 Å². The summed E-state index contributed by atoms with van der Waals surface area (Å²) >= 11 is 0. The van der Waals surface area contributed by atoms with Crippen molar-refractivity contribution in [2.24, 2.45) is 5.92 Å².